The van der Waals surface area contributed by atoms with Crippen LogP contribution in [0.2, 0.25) is 0 Å². The van der Waals surface area contributed by atoms with Crippen LogP contribution >= 0.6 is 0 Å². The quantitative estimate of drug-likeness (QED) is 0.844. The lowest BCUT2D eigenvalue weighted by atomic mass is 10.2. The van der Waals surface area contributed by atoms with Gasteiger partial charge in [0.2, 0.25) is 0 Å². The molecule has 0 radical (unpaired) electrons. The number of imidazole rings is 1. The van der Waals surface area contributed by atoms with Crippen LogP contribution in [0.4, 0.5) is 11.4 Å². The Morgan fingerprint density at radius 2 is 2.24 bits per heavy atom. The van der Waals surface area contributed by atoms with Gasteiger partial charge in [-0.25, -0.2) is 4.98 Å². The molecule has 88 valence electrons. The maximum Gasteiger partial charge on any atom is 0.291 e. The molecular formula is C12H14N4O. The topological polar surface area (TPSA) is 61.0 Å². The van der Waals surface area contributed by atoms with Gasteiger partial charge in [0.1, 0.15) is 0 Å². The Balaban J connectivity index is 2.14. The lowest BCUT2D eigenvalue weighted by Crippen LogP contribution is -2.14. The molecule has 2 rings (SSSR count). The van der Waals surface area contributed by atoms with Gasteiger partial charge in [0.05, 0.1) is 0 Å². The van der Waals surface area contributed by atoms with Crippen molar-refractivity contribution in [2.24, 2.45) is 0 Å². The van der Waals surface area contributed by atoms with Crippen LogP contribution in [0.1, 0.15) is 10.6 Å². The molecule has 0 atom stereocenters. The largest absolute Gasteiger partial charge is 0.378 e. The molecule has 1 aromatic heterocycles. The third-order valence-corrected chi connectivity index (χ3v) is 2.33. The van der Waals surface area contributed by atoms with Gasteiger partial charge in [0.25, 0.3) is 5.91 Å². The summed E-state index contributed by atoms with van der Waals surface area (Å²) in [4.78, 5) is 20.4. The number of H-pyrrole nitrogens is 1. The van der Waals surface area contributed by atoms with E-state index < -0.39 is 0 Å². The zero-order valence-electron chi connectivity index (χ0n) is 9.77. The highest BCUT2D eigenvalue weighted by Gasteiger charge is 2.08. The van der Waals surface area contributed by atoms with Crippen LogP contribution in [0, 0.1) is 0 Å². The minimum absolute atomic E-state index is 0.245. The molecule has 0 unspecified atom stereocenters. The first-order valence-corrected chi connectivity index (χ1v) is 5.25. The highest BCUT2D eigenvalue weighted by Crippen LogP contribution is 2.17. The molecule has 1 amide bonds. The fraction of sp³-hybridized carbons (Fsp3) is 0.167. The number of hydrogen-bond acceptors (Lipinski definition) is 3. The van der Waals surface area contributed by atoms with Crippen LogP contribution in [0.25, 0.3) is 0 Å². The standard InChI is InChI=1S/C12H14N4O/c1-16(2)10-5-3-4-9(8-10)15-12(17)11-13-6-7-14-11/h3-8H,1-2H3,(H,13,14)(H,15,17). The summed E-state index contributed by atoms with van der Waals surface area (Å²) < 4.78 is 0. The van der Waals surface area contributed by atoms with E-state index in [0.29, 0.717) is 5.82 Å². The second-order valence-corrected chi connectivity index (χ2v) is 3.84. The van der Waals surface area contributed by atoms with E-state index in [1.165, 1.54) is 0 Å². The fourth-order valence-electron chi connectivity index (χ4n) is 1.44. The molecule has 0 saturated carbocycles. The molecule has 1 aromatic carbocycles. The second-order valence-electron chi connectivity index (χ2n) is 3.84. The van der Waals surface area contributed by atoms with Gasteiger partial charge in [-0.2, -0.15) is 0 Å². The number of nitrogens with one attached hydrogen (secondary N) is 2. The summed E-state index contributed by atoms with van der Waals surface area (Å²) in [6, 6.07) is 7.62. The van der Waals surface area contributed by atoms with Crippen molar-refractivity contribution in [2.45, 2.75) is 0 Å². The van der Waals surface area contributed by atoms with Gasteiger partial charge in [0, 0.05) is 37.9 Å². The van der Waals surface area contributed by atoms with E-state index in [1.807, 2.05) is 43.3 Å². The molecule has 0 aliphatic heterocycles. The van der Waals surface area contributed by atoms with Crippen LogP contribution in [0.15, 0.2) is 36.7 Å². The first-order valence-electron chi connectivity index (χ1n) is 5.25. The average Bonchev–Trinajstić information content (AvgIpc) is 2.82. The number of amides is 1. The Morgan fingerprint density at radius 1 is 1.41 bits per heavy atom. The van der Waals surface area contributed by atoms with E-state index in [-0.39, 0.29) is 5.91 Å². The summed E-state index contributed by atoms with van der Waals surface area (Å²) in [7, 11) is 3.90. The third kappa shape index (κ3) is 2.63. The van der Waals surface area contributed by atoms with Crippen LogP contribution in [-0.4, -0.2) is 30.0 Å². The van der Waals surface area contributed by atoms with Gasteiger partial charge in [-0.15, -0.1) is 0 Å². The minimum atomic E-state index is -0.245. The summed E-state index contributed by atoms with van der Waals surface area (Å²) in [5, 5.41) is 2.78. The number of anilines is 2. The van der Waals surface area contributed by atoms with Crippen LogP contribution in [0.5, 0.6) is 0 Å². The van der Waals surface area contributed by atoms with Gasteiger partial charge < -0.3 is 15.2 Å². The predicted molar refractivity (Wildman–Crippen MR) is 67.3 cm³/mol. The molecule has 2 aromatic rings. The highest BCUT2D eigenvalue weighted by atomic mass is 16.2. The van der Waals surface area contributed by atoms with Crippen molar-refractivity contribution in [3.8, 4) is 0 Å². The summed E-state index contributed by atoms with van der Waals surface area (Å²) >= 11 is 0. The van der Waals surface area contributed by atoms with E-state index in [0.717, 1.165) is 11.4 Å². The van der Waals surface area contributed by atoms with Crippen LogP contribution in [0.3, 0.4) is 0 Å². The summed E-state index contributed by atoms with van der Waals surface area (Å²) in [6.07, 6.45) is 3.16. The van der Waals surface area contributed by atoms with Crippen molar-refractivity contribution in [3.05, 3.63) is 42.5 Å². The molecule has 0 spiro atoms. The lowest BCUT2D eigenvalue weighted by molar-refractivity contribution is 0.101. The highest BCUT2D eigenvalue weighted by molar-refractivity contribution is 6.01. The first kappa shape index (κ1) is 11.2. The predicted octanol–water partition coefficient (Wildman–Crippen LogP) is 1.73. The van der Waals surface area contributed by atoms with Gasteiger partial charge in [-0.3, -0.25) is 4.79 Å². The number of aromatic amines is 1. The molecule has 0 aliphatic carbocycles. The number of aromatic nitrogens is 2. The first-order chi connectivity index (χ1) is 8.16. The van der Waals surface area contributed by atoms with E-state index >= 15 is 0 Å². The average molecular weight is 230 g/mol. The molecule has 17 heavy (non-hydrogen) atoms. The lowest BCUT2D eigenvalue weighted by Gasteiger charge is -2.13. The molecule has 5 heteroatoms. The van der Waals surface area contributed by atoms with Crippen LogP contribution in [-0.2, 0) is 0 Å². The van der Waals surface area contributed by atoms with Crippen molar-refractivity contribution in [2.75, 3.05) is 24.3 Å². The molecule has 0 saturated heterocycles. The zero-order chi connectivity index (χ0) is 12.3. The normalized spacial score (nSPS) is 10.0. The van der Waals surface area contributed by atoms with Crippen molar-refractivity contribution in [3.63, 3.8) is 0 Å². The molecule has 1 heterocycles. The monoisotopic (exact) mass is 230 g/mol. The Bertz CT molecular complexity index is 505. The van der Waals surface area contributed by atoms with Crippen molar-refractivity contribution < 1.29 is 4.79 Å². The minimum Gasteiger partial charge on any atom is -0.378 e. The molecule has 5 nitrogen and oxygen atoms in total. The Kier molecular flexibility index (Phi) is 3.09. The molecule has 0 aliphatic rings. The van der Waals surface area contributed by atoms with Crippen molar-refractivity contribution >= 4 is 17.3 Å². The molecule has 2 N–H and O–H groups in total. The Morgan fingerprint density at radius 3 is 2.88 bits per heavy atom. The zero-order valence-corrected chi connectivity index (χ0v) is 9.77. The number of hydrogen-bond donors (Lipinski definition) is 2. The fourth-order valence-corrected chi connectivity index (χ4v) is 1.44. The summed E-state index contributed by atoms with van der Waals surface area (Å²) in [6.45, 7) is 0. The third-order valence-electron chi connectivity index (χ3n) is 2.33. The number of carbonyl (C=O) groups is 1. The van der Waals surface area contributed by atoms with Gasteiger partial charge in [-0.1, -0.05) is 6.07 Å². The Labute approximate surface area is 99.5 Å². The number of rotatable bonds is 3. The van der Waals surface area contributed by atoms with Gasteiger partial charge >= 0.3 is 0 Å². The van der Waals surface area contributed by atoms with E-state index in [4.69, 9.17) is 0 Å². The number of nitrogens with zero attached hydrogens (tertiary/aromatic N) is 2. The summed E-state index contributed by atoms with van der Waals surface area (Å²) in [5.74, 6) is 0.0613. The number of carbonyl (C=O) groups excluding carboxylic acids is 1. The maximum absolute atomic E-state index is 11.7. The van der Waals surface area contributed by atoms with E-state index in [2.05, 4.69) is 15.3 Å². The van der Waals surface area contributed by atoms with Crippen molar-refractivity contribution in [1.82, 2.24) is 9.97 Å². The maximum atomic E-state index is 11.7. The molecule has 0 bridgehead atoms. The smallest absolute Gasteiger partial charge is 0.291 e. The summed E-state index contributed by atoms with van der Waals surface area (Å²) in [5.41, 5.74) is 1.78. The second kappa shape index (κ2) is 4.69. The van der Waals surface area contributed by atoms with Crippen molar-refractivity contribution in [1.29, 1.82) is 0 Å². The molecule has 0 fully saturated rings. The van der Waals surface area contributed by atoms with Gasteiger partial charge in [0.15, 0.2) is 5.82 Å². The number of benzene rings is 1. The Hall–Kier alpha value is -2.30. The van der Waals surface area contributed by atoms with Gasteiger partial charge in [-0.05, 0) is 18.2 Å². The van der Waals surface area contributed by atoms with E-state index in [9.17, 15) is 4.79 Å². The van der Waals surface area contributed by atoms with Crippen LogP contribution < -0.4 is 10.2 Å². The SMILES string of the molecule is CN(C)c1cccc(NC(=O)c2ncc[nH]2)c1. The van der Waals surface area contributed by atoms with E-state index in [1.54, 1.807) is 12.4 Å². The molecular weight excluding hydrogens is 216 g/mol.